The van der Waals surface area contributed by atoms with Gasteiger partial charge in [0.1, 0.15) is 18.2 Å². The Morgan fingerprint density at radius 3 is 2.43 bits per heavy atom. The number of halogens is 3. The Morgan fingerprint density at radius 2 is 1.76 bits per heavy atom. The first-order valence-corrected chi connectivity index (χ1v) is 5.84. The molecule has 4 nitrogen and oxygen atoms in total. The Hall–Kier alpha value is -2.70. The summed E-state index contributed by atoms with van der Waals surface area (Å²) in [4.78, 5) is 11.0. The summed E-state index contributed by atoms with van der Waals surface area (Å²) in [6.45, 7) is -0.396. The fourth-order valence-electron chi connectivity index (χ4n) is 1.65. The van der Waals surface area contributed by atoms with E-state index in [1.807, 2.05) is 0 Å². The van der Waals surface area contributed by atoms with Crippen molar-refractivity contribution in [2.75, 3.05) is 5.73 Å². The van der Waals surface area contributed by atoms with E-state index < -0.39 is 35.7 Å². The topological polar surface area (TPSA) is 78.3 Å². The van der Waals surface area contributed by atoms with Crippen LogP contribution in [0.25, 0.3) is 0 Å². The lowest BCUT2D eigenvalue weighted by Crippen LogP contribution is -2.12. The van der Waals surface area contributed by atoms with E-state index in [4.69, 9.17) is 16.2 Å². The molecule has 4 N–H and O–H groups in total. The van der Waals surface area contributed by atoms with E-state index in [9.17, 15) is 18.0 Å². The number of anilines is 1. The van der Waals surface area contributed by atoms with Gasteiger partial charge in [-0.3, -0.25) is 4.79 Å². The maximum atomic E-state index is 13.6. The number of ether oxygens (including phenoxy) is 1. The molecule has 0 aliphatic heterocycles. The lowest BCUT2D eigenvalue weighted by Gasteiger charge is -2.10. The molecule has 21 heavy (non-hydrogen) atoms. The van der Waals surface area contributed by atoms with Crippen LogP contribution < -0.4 is 16.2 Å². The first-order chi connectivity index (χ1) is 9.88. The maximum Gasteiger partial charge on any atom is 0.248 e. The van der Waals surface area contributed by atoms with Crippen LogP contribution in [-0.4, -0.2) is 5.91 Å². The van der Waals surface area contributed by atoms with E-state index in [1.54, 1.807) is 0 Å². The minimum atomic E-state index is -0.875. The Morgan fingerprint density at radius 1 is 1.05 bits per heavy atom. The zero-order chi connectivity index (χ0) is 15.6. The number of amides is 1. The maximum absolute atomic E-state index is 13.6. The molecule has 0 bridgehead atoms. The average Bonchev–Trinajstić information content (AvgIpc) is 2.42. The van der Waals surface area contributed by atoms with Crippen LogP contribution in [0.1, 0.15) is 15.9 Å². The van der Waals surface area contributed by atoms with Crippen LogP contribution in [0.3, 0.4) is 0 Å². The van der Waals surface area contributed by atoms with Gasteiger partial charge in [0.25, 0.3) is 0 Å². The molecule has 2 rings (SSSR count). The highest BCUT2D eigenvalue weighted by Crippen LogP contribution is 2.24. The van der Waals surface area contributed by atoms with Crippen molar-refractivity contribution in [3.05, 3.63) is 58.9 Å². The molecule has 0 aliphatic carbocycles. The molecule has 7 heteroatoms. The molecular formula is C14H11F3N2O2. The second kappa shape index (κ2) is 5.74. The van der Waals surface area contributed by atoms with Crippen molar-refractivity contribution in [3.63, 3.8) is 0 Å². The molecule has 110 valence electrons. The Labute approximate surface area is 118 Å². The molecule has 0 atom stereocenters. The van der Waals surface area contributed by atoms with Crippen LogP contribution in [0.4, 0.5) is 18.9 Å². The fourth-order valence-corrected chi connectivity index (χ4v) is 1.65. The Balaban J connectivity index is 2.22. The summed E-state index contributed by atoms with van der Waals surface area (Å²) in [6.07, 6.45) is 0. The predicted octanol–water partition coefficient (Wildman–Crippen LogP) is 2.36. The smallest absolute Gasteiger partial charge is 0.248 e. The Bertz CT molecular complexity index is 705. The lowest BCUT2D eigenvalue weighted by molar-refractivity contribution is 0.1000. The highest BCUT2D eigenvalue weighted by atomic mass is 19.1. The van der Waals surface area contributed by atoms with Gasteiger partial charge in [0.15, 0.2) is 11.6 Å². The van der Waals surface area contributed by atoms with Gasteiger partial charge in [0, 0.05) is 23.3 Å². The largest absolute Gasteiger partial charge is 0.486 e. The summed E-state index contributed by atoms with van der Waals surface area (Å²) in [5, 5.41) is 0. The molecule has 0 radical (unpaired) electrons. The first kappa shape index (κ1) is 14.7. The van der Waals surface area contributed by atoms with Gasteiger partial charge in [-0.15, -0.1) is 0 Å². The van der Waals surface area contributed by atoms with Crippen LogP contribution in [0, 0.1) is 17.5 Å². The van der Waals surface area contributed by atoms with Crippen LogP contribution in [0.15, 0.2) is 30.3 Å². The van der Waals surface area contributed by atoms with E-state index in [-0.39, 0.29) is 16.8 Å². The minimum Gasteiger partial charge on any atom is -0.486 e. The van der Waals surface area contributed by atoms with Crippen molar-refractivity contribution < 1.29 is 22.7 Å². The molecule has 0 fully saturated rings. The zero-order valence-electron chi connectivity index (χ0n) is 10.7. The number of carbonyl (C=O) groups is 1. The second-order valence-corrected chi connectivity index (χ2v) is 4.26. The number of carbonyl (C=O) groups excluding carboxylic acids is 1. The van der Waals surface area contributed by atoms with Crippen molar-refractivity contribution in [1.29, 1.82) is 0 Å². The molecule has 0 saturated heterocycles. The molecule has 0 heterocycles. The number of benzene rings is 2. The average molecular weight is 296 g/mol. The number of nitrogen functional groups attached to an aromatic ring is 1. The molecule has 0 spiro atoms. The minimum absolute atomic E-state index is 0.0112. The highest BCUT2D eigenvalue weighted by molar-refractivity contribution is 5.92. The molecule has 0 aromatic heterocycles. The molecule has 0 aliphatic rings. The molecule has 0 unspecified atom stereocenters. The van der Waals surface area contributed by atoms with E-state index in [2.05, 4.69) is 0 Å². The summed E-state index contributed by atoms with van der Waals surface area (Å²) < 4.78 is 45.3. The monoisotopic (exact) mass is 296 g/mol. The van der Waals surface area contributed by atoms with Crippen molar-refractivity contribution in [1.82, 2.24) is 0 Å². The van der Waals surface area contributed by atoms with Gasteiger partial charge in [0.05, 0.1) is 5.69 Å². The van der Waals surface area contributed by atoms with E-state index in [0.717, 1.165) is 18.2 Å². The molecule has 1 amide bonds. The lowest BCUT2D eigenvalue weighted by atomic mass is 10.1. The van der Waals surface area contributed by atoms with Crippen molar-refractivity contribution in [2.45, 2.75) is 6.61 Å². The third kappa shape index (κ3) is 3.25. The van der Waals surface area contributed by atoms with Gasteiger partial charge in [-0.25, -0.2) is 13.2 Å². The third-order valence-electron chi connectivity index (χ3n) is 2.76. The van der Waals surface area contributed by atoms with E-state index in [1.165, 1.54) is 12.1 Å². The first-order valence-electron chi connectivity index (χ1n) is 5.84. The standard InChI is InChI=1S/C14H11F3N2O2/c15-9-2-1-7(14(19)20)3-8(9)6-21-13-5-10(16)12(18)4-11(13)17/h1-5H,6,18H2,(H2,19,20). The van der Waals surface area contributed by atoms with Crippen molar-refractivity contribution in [3.8, 4) is 5.75 Å². The zero-order valence-corrected chi connectivity index (χ0v) is 10.7. The Kier molecular flexibility index (Phi) is 4.02. The quantitative estimate of drug-likeness (QED) is 0.850. The summed E-state index contributed by atoms with van der Waals surface area (Å²) in [6, 6.07) is 4.97. The van der Waals surface area contributed by atoms with Gasteiger partial charge in [-0.1, -0.05) is 0 Å². The molecule has 0 saturated carbocycles. The van der Waals surface area contributed by atoms with Gasteiger partial charge < -0.3 is 16.2 Å². The van der Waals surface area contributed by atoms with Crippen LogP contribution in [0.2, 0.25) is 0 Å². The van der Waals surface area contributed by atoms with Crippen molar-refractivity contribution >= 4 is 11.6 Å². The van der Waals surface area contributed by atoms with Crippen LogP contribution in [0.5, 0.6) is 5.75 Å². The molecule has 2 aromatic rings. The third-order valence-corrected chi connectivity index (χ3v) is 2.76. The van der Waals surface area contributed by atoms with Crippen LogP contribution in [-0.2, 0) is 6.61 Å². The summed E-state index contributed by atoms with van der Waals surface area (Å²) in [5.74, 6) is -3.53. The normalized spacial score (nSPS) is 10.4. The predicted molar refractivity (Wildman–Crippen MR) is 70.0 cm³/mol. The van der Waals surface area contributed by atoms with Gasteiger partial charge >= 0.3 is 0 Å². The summed E-state index contributed by atoms with van der Waals surface area (Å²) in [7, 11) is 0. The number of primary amides is 1. The number of rotatable bonds is 4. The number of hydrogen-bond donors (Lipinski definition) is 2. The molecule has 2 aromatic carbocycles. The summed E-state index contributed by atoms with van der Waals surface area (Å²) >= 11 is 0. The van der Waals surface area contributed by atoms with Gasteiger partial charge in [0.2, 0.25) is 5.91 Å². The van der Waals surface area contributed by atoms with E-state index >= 15 is 0 Å². The van der Waals surface area contributed by atoms with Crippen LogP contribution >= 0.6 is 0 Å². The number of nitrogens with two attached hydrogens (primary N) is 2. The fraction of sp³-hybridized carbons (Fsp3) is 0.0714. The van der Waals surface area contributed by atoms with Gasteiger partial charge in [-0.2, -0.15) is 0 Å². The van der Waals surface area contributed by atoms with Gasteiger partial charge in [-0.05, 0) is 18.2 Å². The SMILES string of the molecule is NC(=O)c1ccc(F)c(COc2cc(F)c(N)cc2F)c1. The van der Waals surface area contributed by atoms with Crippen molar-refractivity contribution in [2.24, 2.45) is 5.73 Å². The highest BCUT2D eigenvalue weighted by Gasteiger charge is 2.12. The molecular weight excluding hydrogens is 285 g/mol. The second-order valence-electron chi connectivity index (χ2n) is 4.26. The summed E-state index contributed by atoms with van der Waals surface area (Å²) in [5.41, 5.74) is 9.98. The van der Waals surface area contributed by atoms with E-state index in [0.29, 0.717) is 0 Å². The number of hydrogen-bond acceptors (Lipinski definition) is 3.